The summed E-state index contributed by atoms with van der Waals surface area (Å²) in [7, 11) is 0. The van der Waals surface area contributed by atoms with Gasteiger partial charge >= 0.3 is 0 Å². The Labute approximate surface area is 77.8 Å². The molecule has 12 heavy (non-hydrogen) atoms. The van der Waals surface area contributed by atoms with Crippen molar-refractivity contribution in [2.45, 2.75) is 32.2 Å². The molecule has 2 rings (SSSR count). The lowest BCUT2D eigenvalue weighted by Crippen LogP contribution is -2.18. The first-order chi connectivity index (χ1) is 5.92. The lowest BCUT2D eigenvalue weighted by atomic mass is 10.2. The minimum absolute atomic E-state index is 0.667. The van der Waals surface area contributed by atoms with Crippen LogP contribution >= 0.6 is 11.3 Å². The van der Waals surface area contributed by atoms with Crippen LogP contribution in [0.4, 0.5) is 0 Å². The Bertz CT molecular complexity index is 254. The molecule has 0 fully saturated rings. The molecular formula is C10H15NS. The lowest BCUT2D eigenvalue weighted by molar-refractivity contribution is 0.534. The Morgan fingerprint density at radius 3 is 3.42 bits per heavy atom. The van der Waals surface area contributed by atoms with Crippen molar-refractivity contribution in [2.75, 3.05) is 6.54 Å². The molecule has 2 heteroatoms. The van der Waals surface area contributed by atoms with E-state index in [1.165, 1.54) is 19.3 Å². The van der Waals surface area contributed by atoms with Gasteiger partial charge in [0.2, 0.25) is 0 Å². The molecule has 1 nitrogen and oxygen atoms in total. The number of fused-ring (bicyclic) bond motifs is 1. The second kappa shape index (κ2) is 3.58. The molecule has 1 aromatic heterocycles. The van der Waals surface area contributed by atoms with Gasteiger partial charge in [-0.2, -0.15) is 0 Å². The Morgan fingerprint density at radius 1 is 1.67 bits per heavy atom. The second-order valence-electron chi connectivity index (χ2n) is 3.36. The summed E-state index contributed by atoms with van der Waals surface area (Å²) in [5, 5.41) is 5.80. The monoisotopic (exact) mass is 181 g/mol. The molecule has 1 atom stereocenters. The number of hydrogen-bond acceptors (Lipinski definition) is 2. The molecule has 1 unspecified atom stereocenters. The van der Waals surface area contributed by atoms with E-state index in [0.29, 0.717) is 6.04 Å². The van der Waals surface area contributed by atoms with Crippen LogP contribution in [0.1, 0.15) is 36.2 Å². The largest absolute Gasteiger partial charge is 0.309 e. The maximum atomic E-state index is 3.58. The highest BCUT2D eigenvalue weighted by molar-refractivity contribution is 7.10. The Hall–Kier alpha value is -0.340. The molecule has 1 N–H and O–H groups in total. The highest BCUT2D eigenvalue weighted by atomic mass is 32.1. The zero-order valence-corrected chi connectivity index (χ0v) is 8.29. The zero-order valence-electron chi connectivity index (χ0n) is 7.47. The summed E-state index contributed by atoms with van der Waals surface area (Å²) in [5.74, 6) is 0. The Balaban J connectivity index is 2.02. The van der Waals surface area contributed by atoms with E-state index in [1.807, 2.05) is 11.3 Å². The van der Waals surface area contributed by atoms with Crippen LogP contribution in [0.15, 0.2) is 11.4 Å². The molecule has 1 aliphatic rings. The molecule has 0 saturated heterocycles. The van der Waals surface area contributed by atoms with Gasteiger partial charge in [-0.1, -0.05) is 6.92 Å². The van der Waals surface area contributed by atoms with Gasteiger partial charge in [0.15, 0.2) is 0 Å². The van der Waals surface area contributed by atoms with Crippen LogP contribution in [0.25, 0.3) is 0 Å². The number of aryl methyl sites for hydroxylation is 1. The first-order valence-electron chi connectivity index (χ1n) is 4.71. The minimum Gasteiger partial charge on any atom is -0.309 e. The number of rotatable bonds is 3. The van der Waals surface area contributed by atoms with E-state index in [-0.39, 0.29) is 0 Å². The second-order valence-corrected chi connectivity index (χ2v) is 4.30. The maximum Gasteiger partial charge on any atom is 0.0420 e. The normalized spacial score (nSPS) is 21.2. The summed E-state index contributed by atoms with van der Waals surface area (Å²) < 4.78 is 0. The van der Waals surface area contributed by atoms with Crippen LogP contribution < -0.4 is 5.32 Å². The van der Waals surface area contributed by atoms with Crippen molar-refractivity contribution in [3.8, 4) is 0 Å². The molecule has 1 heterocycles. The zero-order chi connectivity index (χ0) is 8.39. The van der Waals surface area contributed by atoms with Gasteiger partial charge in [-0.05, 0) is 42.8 Å². The van der Waals surface area contributed by atoms with Gasteiger partial charge in [-0.15, -0.1) is 11.3 Å². The molecule has 0 spiro atoms. The smallest absolute Gasteiger partial charge is 0.0420 e. The highest BCUT2D eigenvalue weighted by Crippen LogP contribution is 2.34. The third-order valence-corrected chi connectivity index (χ3v) is 3.51. The third-order valence-electron chi connectivity index (χ3n) is 2.44. The summed E-state index contributed by atoms with van der Waals surface area (Å²) in [6, 6.07) is 2.94. The standard InChI is InChI=1S/C10H15NS/c1-2-6-11-9-4-3-8-5-7-12-10(8)9/h5,7,9,11H,2-4,6H2,1H3. The van der Waals surface area contributed by atoms with E-state index < -0.39 is 0 Å². The molecule has 0 aromatic carbocycles. The molecular weight excluding hydrogens is 166 g/mol. The van der Waals surface area contributed by atoms with Crippen molar-refractivity contribution in [1.82, 2.24) is 5.32 Å². The van der Waals surface area contributed by atoms with Crippen molar-refractivity contribution in [1.29, 1.82) is 0 Å². The average molecular weight is 181 g/mol. The predicted molar refractivity (Wildman–Crippen MR) is 53.7 cm³/mol. The number of hydrogen-bond donors (Lipinski definition) is 1. The molecule has 0 amide bonds. The molecule has 0 radical (unpaired) electrons. The van der Waals surface area contributed by atoms with E-state index >= 15 is 0 Å². The number of thiophene rings is 1. The number of nitrogens with one attached hydrogen (secondary N) is 1. The minimum atomic E-state index is 0.667. The van der Waals surface area contributed by atoms with Gasteiger partial charge in [-0.3, -0.25) is 0 Å². The fourth-order valence-corrected chi connectivity index (χ4v) is 2.87. The van der Waals surface area contributed by atoms with E-state index in [1.54, 1.807) is 10.4 Å². The molecule has 66 valence electrons. The van der Waals surface area contributed by atoms with E-state index in [9.17, 15) is 0 Å². The van der Waals surface area contributed by atoms with Gasteiger partial charge < -0.3 is 5.32 Å². The van der Waals surface area contributed by atoms with Gasteiger partial charge in [0.1, 0.15) is 0 Å². The summed E-state index contributed by atoms with van der Waals surface area (Å²) in [4.78, 5) is 1.59. The van der Waals surface area contributed by atoms with E-state index in [0.717, 1.165) is 6.54 Å². The van der Waals surface area contributed by atoms with Crippen LogP contribution in [0.5, 0.6) is 0 Å². The molecule has 0 aliphatic heterocycles. The van der Waals surface area contributed by atoms with Crippen LogP contribution in [0.2, 0.25) is 0 Å². The van der Waals surface area contributed by atoms with Gasteiger partial charge in [0.25, 0.3) is 0 Å². The van der Waals surface area contributed by atoms with Crippen molar-refractivity contribution in [2.24, 2.45) is 0 Å². The van der Waals surface area contributed by atoms with Crippen molar-refractivity contribution in [3.05, 3.63) is 21.9 Å². The van der Waals surface area contributed by atoms with Crippen LogP contribution in [-0.4, -0.2) is 6.54 Å². The molecule has 0 bridgehead atoms. The lowest BCUT2D eigenvalue weighted by Gasteiger charge is -2.10. The Kier molecular flexibility index (Phi) is 2.47. The first kappa shape index (κ1) is 8.27. The fourth-order valence-electron chi connectivity index (χ4n) is 1.80. The summed E-state index contributed by atoms with van der Waals surface area (Å²) in [6.45, 7) is 3.37. The van der Waals surface area contributed by atoms with E-state index in [2.05, 4.69) is 23.7 Å². The predicted octanol–water partition coefficient (Wildman–Crippen LogP) is 2.74. The van der Waals surface area contributed by atoms with Gasteiger partial charge in [0, 0.05) is 10.9 Å². The average Bonchev–Trinajstić information content (AvgIpc) is 2.62. The van der Waals surface area contributed by atoms with Crippen LogP contribution in [-0.2, 0) is 6.42 Å². The maximum absolute atomic E-state index is 3.58. The molecule has 0 saturated carbocycles. The summed E-state index contributed by atoms with van der Waals surface area (Å²) >= 11 is 1.91. The first-order valence-corrected chi connectivity index (χ1v) is 5.59. The Morgan fingerprint density at radius 2 is 2.58 bits per heavy atom. The van der Waals surface area contributed by atoms with Crippen molar-refractivity contribution in [3.63, 3.8) is 0 Å². The quantitative estimate of drug-likeness (QED) is 0.756. The SMILES string of the molecule is CCCNC1CCc2ccsc21. The van der Waals surface area contributed by atoms with Crippen LogP contribution in [0.3, 0.4) is 0 Å². The van der Waals surface area contributed by atoms with Crippen molar-refractivity contribution < 1.29 is 0 Å². The topological polar surface area (TPSA) is 12.0 Å². The fraction of sp³-hybridized carbons (Fsp3) is 0.600. The van der Waals surface area contributed by atoms with Crippen molar-refractivity contribution >= 4 is 11.3 Å². The molecule has 1 aromatic rings. The van der Waals surface area contributed by atoms with Gasteiger partial charge in [-0.25, -0.2) is 0 Å². The summed E-state index contributed by atoms with van der Waals surface area (Å²) in [5.41, 5.74) is 1.58. The molecule has 1 aliphatic carbocycles. The third kappa shape index (κ3) is 1.41. The highest BCUT2D eigenvalue weighted by Gasteiger charge is 2.22. The van der Waals surface area contributed by atoms with E-state index in [4.69, 9.17) is 0 Å². The summed E-state index contributed by atoms with van der Waals surface area (Å²) in [6.07, 6.45) is 3.82. The van der Waals surface area contributed by atoms with Gasteiger partial charge in [0.05, 0.1) is 0 Å². The van der Waals surface area contributed by atoms with Crippen LogP contribution in [0, 0.1) is 0 Å².